The van der Waals surface area contributed by atoms with Gasteiger partial charge in [-0.25, -0.2) is 9.59 Å². The van der Waals surface area contributed by atoms with Crippen LogP contribution in [0.15, 0.2) is 18.2 Å². The van der Waals surface area contributed by atoms with E-state index in [1.807, 2.05) is 26.8 Å². The lowest BCUT2D eigenvalue weighted by Gasteiger charge is -2.37. The number of urea groups is 1. The molecule has 0 unspecified atom stereocenters. The molecule has 1 saturated heterocycles. The van der Waals surface area contributed by atoms with Gasteiger partial charge in [-0.2, -0.15) is 0 Å². The normalized spacial score (nSPS) is 18.2. The summed E-state index contributed by atoms with van der Waals surface area (Å²) in [5.74, 6) is 6.44. The van der Waals surface area contributed by atoms with Crippen molar-refractivity contribution in [3.05, 3.63) is 33.8 Å². The average Bonchev–Trinajstić information content (AvgIpc) is 3.16. The Morgan fingerprint density at radius 1 is 1.03 bits per heavy atom. The molecular weight excluding hydrogens is 437 g/mol. The Balaban J connectivity index is 1.61. The van der Waals surface area contributed by atoms with Crippen LogP contribution in [0.25, 0.3) is 0 Å². The van der Waals surface area contributed by atoms with Crippen molar-refractivity contribution >= 4 is 35.3 Å². The Hall–Kier alpha value is -2.10. The number of carbonyl (C=O) groups is 2. The molecule has 1 heterocycles. The van der Waals surface area contributed by atoms with E-state index >= 15 is 0 Å². The van der Waals surface area contributed by atoms with Crippen LogP contribution in [0.4, 0.5) is 9.59 Å². The fraction of sp³-hybridized carbons (Fsp3) is 0.565. The van der Waals surface area contributed by atoms with Gasteiger partial charge in [-0.05, 0) is 64.7 Å². The number of benzene rings is 1. The molecule has 1 aromatic carbocycles. The zero-order valence-corrected chi connectivity index (χ0v) is 19.8. The molecule has 6 nitrogen and oxygen atoms in total. The Bertz CT molecular complexity index is 888. The molecule has 1 aromatic rings. The maximum absolute atomic E-state index is 12.9. The molecule has 3 rings (SSSR count). The van der Waals surface area contributed by atoms with Gasteiger partial charge in [-0.1, -0.05) is 35.0 Å². The van der Waals surface area contributed by atoms with Crippen LogP contribution >= 0.6 is 23.2 Å². The fourth-order valence-electron chi connectivity index (χ4n) is 3.73. The average molecular weight is 466 g/mol. The topological polar surface area (TPSA) is 61.9 Å². The second-order valence-corrected chi connectivity index (χ2v) is 9.87. The molecule has 2 aliphatic rings. The first-order chi connectivity index (χ1) is 14.6. The van der Waals surface area contributed by atoms with Gasteiger partial charge in [0, 0.05) is 31.7 Å². The number of amides is 3. The number of nitrogens with zero attached hydrogens (tertiary/aromatic N) is 2. The molecule has 0 radical (unpaired) electrons. The molecular formula is C23H29Cl2N3O3. The smallest absolute Gasteiger partial charge is 0.410 e. The number of rotatable bonds is 1. The van der Waals surface area contributed by atoms with E-state index in [4.69, 9.17) is 27.9 Å². The van der Waals surface area contributed by atoms with Gasteiger partial charge in [0.05, 0.1) is 10.0 Å². The lowest BCUT2D eigenvalue weighted by atomic mass is 9.98. The zero-order chi connectivity index (χ0) is 22.6. The predicted molar refractivity (Wildman–Crippen MR) is 122 cm³/mol. The van der Waals surface area contributed by atoms with Crippen molar-refractivity contribution in [2.75, 3.05) is 26.2 Å². The largest absolute Gasteiger partial charge is 0.444 e. The van der Waals surface area contributed by atoms with Gasteiger partial charge in [0.2, 0.25) is 0 Å². The van der Waals surface area contributed by atoms with Crippen molar-refractivity contribution in [1.29, 1.82) is 0 Å². The van der Waals surface area contributed by atoms with E-state index in [1.165, 1.54) is 0 Å². The first kappa shape index (κ1) is 23.6. The van der Waals surface area contributed by atoms with Crippen LogP contribution in [0.5, 0.6) is 0 Å². The van der Waals surface area contributed by atoms with Crippen molar-refractivity contribution in [3.63, 3.8) is 0 Å². The molecule has 0 bridgehead atoms. The van der Waals surface area contributed by atoms with Gasteiger partial charge in [0.1, 0.15) is 11.1 Å². The number of halogens is 2. The number of nitrogens with one attached hydrogen (secondary N) is 1. The van der Waals surface area contributed by atoms with E-state index in [0.717, 1.165) is 31.2 Å². The van der Waals surface area contributed by atoms with Crippen LogP contribution in [-0.2, 0) is 4.74 Å². The Kier molecular flexibility index (Phi) is 7.28. The highest BCUT2D eigenvalue weighted by atomic mass is 35.5. The summed E-state index contributed by atoms with van der Waals surface area (Å²) in [6.07, 6.45) is 3.31. The summed E-state index contributed by atoms with van der Waals surface area (Å²) in [5.41, 5.74) is -0.320. The van der Waals surface area contributed by atoms with Crippen LogP contribution in [0.1, 0.15) is 52.0 Å². The Labute approximate surface area is 194 Å². The van der Waals surface area contributed by atoms with Gasteiger partial charge < -0.3 is 19.9 Å². The molecule has 0 atom stereocenters. The molecule has 8 heteroatoms. The Morgan fingerprint density at radius 3 is 2.23 bits per heavy atom. The predicted octanol–water partition coefficient (Wildman–Crippen LogP) is 4.92. The lowest BCUT2D eigenvalue weighted by Crippen LogP contribution is -2.57. The summed E-state index contributed by atoms with van der Waals surface area (Å²) in [5, 5.41) is 4.11. The van der Waals surface area contributed by atoms with E-state index in [-0.39, 0.29) is 12.1 Å². The molecule has 31 heavy (non-hydrogen) atoms. The first-order valence-electron chi connectivity index (χ1n) is 10.6. The second kappa shape index (κ2) is 9.58. The minimum atomic E-state index is -0.550. The number of ether oxygens (including phenoxy) is 1. The lowest BCUT2D eigenvalue weighted by molar-refractivity contribution is 0.0168. The molecule has 1 aliphatic carbocycles. The van der Waals surface area contributed by atoms with Crippen molar-refractivity contribution in [1.82, 2.24) is 15.1 Å². The summed E-state index contributed by atoms with van der Waals surface area (Å²) < 4.78 is 5.42. The molecule has 1 N–H and O–H groups in total. The van der Waals surface area contributed by atoms with Gasteiger partial charge >= 0.3 is 12.1 Å². The minimum Gasteiger partial charge on any atom is -0.444 e. The molecule has 168 valence electrons. The molecule has 1 saturated carbocycles. The van der Waals surface area contributed by atoms with Gasteiger partial charge in [-0.15, -0.1) is 0 Å². The van der Waals surface area contributed by atoms with E-state index < -0.39 is 11.1 Å². The van der Waals surface area contributed by atoms with Crippen LogP contribution in [0, 0.1) is 11.8 Å². The first-order valence-corrected chi connectivity index (χ1v) is 11.4. The van der Waals surface area contributed by atoms with Gasteiger partial charge in [-0.3, -0.25) is 0 Å². The zero-order valence-electron chi connectivity index (χ0n) is 18.3. The molecule has 1 aliphatic heterocycles. The van der Waals surface area contributed by atoms with E-state index in [2.05, 4.69) is 17.2 Å². The maximum atomic E-state index is 12.9. The molecule has 0 aromatic heterocycles. The third-order valence-corrected chi connectivity index (χ3v) is 6.13. The quantitative estimate of drug-likeness (QED) is 0.598. The summed E-state index contributed by atoms with van der Waals surface area (Å²) in [6.45, 7) is 7.34. The summed E-state index contributed by atoms with van der Waals surface area (Å²) in [6, 6.07) is 5.13. The maximum Gasteiger partial charge on any atom is 0.410 e. The van der Waals surface area contributed by atoms with Crippen LogP contribution < -0.4 is 5.32 Å². The summed E-state index contributed by atoms with van der Waals surface area (Å²) in [4.78, 5) is 28.6. The van der Waals surface area contributed by atoms with Gasteiger partial charge in [0.25, 0.3) is 0 Å². The van der Waals surface area contributed by atoms with Crippen molar-refractivity contribution < 1.29 is 14.3 Å². The Morgan fingerprint density at radius 2 is 1.65 bits per heavy atom. The highest BCUT2D eigenvalue weighted by Crippen LogP contribution is 2.30. The van der Waals surface area contributed by atoms with E-state index in [0.29, 0.717) is 36.2 Å². The van der Waals surface area contributed by atoms with Crippen LogP contribution in [-0.4, -0.2) is 59.2 Å². The van der Waals surface area contributed by atoms with Crippen LogP contribution in [0.2, 0.25) is 10.0 Å². The third-order valence-electron chi connectivity index (χ3n) is 5.39. The van der Waals surface area contributed by atoms with E-state index in [9.17, 15) is 9.59 Å². The molecule has 2 fully saturated rings. The number of hydrogen-bond donors (Lipinski definition) is 1. The van der Waals surface area contributed by atoms with Crippen molar-refractivity contribution in [2.24, 2.45) is 0 Å². The molecule has 0 spiro atoms. The standard InChI is InChI=1S/C23H29Cl2N3O3/c1-22(2,3)31-21(30)28-14-12-27(13-15-28)20(29)26-23(9-4-5-10-23)11-8-17-6-7-18(24)19(25)16-17/h6-7,16H,4-5,9-10,12-15H2,1-3H3,(H,26,29). The van der Waals surface area contributed by atoms with Gasteiger partial charge in [0.15, 0.2) is 0 Å². The minimum absolute atomic E-state index is 0.144. The number of piperazine rings is 1. The SMILES string of the molecule is CC(C)(C)OC(=O)N1CCN(C(=O)NC2(C#Cc3ccc(Cl)c(Cl)c3)CCCC2)CC1. The highest BCUT2D eigenvalue weighted by molar-refractivity contribution is 6.42. The summed E-state index contributed by atoms with van der Waals surface area (Å²) in [7, 11) is 0. The highest BCUT2D eigenvalue weighted by Gasteiger charge is 2.36. The third kappa shape index (κ3) is 6.44. The second-order valence-electron chi connectivity index (χ2n) is 9.05. The molecule has 3 amide bonds. The van der Waals surface area contributed by atoms with E-state index in [1.54, 1.807) is 21.9 Å². The number of carbonyl (C=O) groups excluding carboxylic acids is 2. The monoisotopic (exact) mass is 465 g/mol. The fourth-order valence-corrected chi connectivity index (χ4v) is 4.03. The van der Waals surface area contributed by atoms with Crippen molar-refractivity contribution in [3.8, 4) is 11.8 Å². The van der Waals surface area contributed by atoms with Crippen LogP contribution in [0.3, 0.4) is 0 Å². The summed E-state index contributed by atoms with van der Waals surface area (Å²) >= 11 is 12.1. The van der Waals surface area contributed by atoms with Crippen molar-refractivity contribution in [2.45, 2.75) is 57.6 Å². The number of hydrogen-bond acceptors (Lipinski definition) is 3.